The number of rotatable bonds is 9. The van der Waals surface area contributed by atoms with Crippen molar-refractivity contribution < 1.29 is 9.53 Å². The third-order valence-corrected chi connectivity index (χ3v) is 5.10. The van der Waals surface area contributed by atoms with E-state index in [4.69, 9.17) is 16.3 Å². The van der Waals surface area contributed by atoms with Gasteiger partial charge in [0.15, 0.2) is 0 Å². The van der Waals surface area contributed by atoms with Crippen LogP contribution in [0.5, 0.6) is 5.75 Å². The van der Waals surface area contributed by atoms with E-state index in [1.807, 2.05) is 54.6 Å². The summed E-state index contributed by atoms with van der Waals surface area (Å²) in [7, 11) is 0. The van der Waals surface area contributed by atoms with Crippen LogP contribution >= 0.6 is 11.6 Å². The largest absolute Gasteiger partial charge is 0.489 e. The average Bonchev–Trinajstić information content (AvgIpc) is 2.77. The molecule has 0 aromatic heterocycles. The Balaban J connectivity index is 1.53. The van der Waals surface area contributed by atoms with E-state index in [-0.39, 0.29) is 5.91 Å². The molecule has 3 aromatic carbocycles. The number of carbonyl (C=O) groups excluding carboxylic acids is 1. The molecule has 0 bridgehead atoms. The Hall–Kier alpha value is -2.78. The lowest BCUT2D eigenvalue weighted by molar-refractivity contribution is 0.0950. The number of hydrogen-bond donors (Lipinski definition) is 1. The van der Waals surface area contributed by atoms with E-state index >= 15 is 0 Å². The van der Waals surface area contributed by atoms with Crippen LogP contribution in [0, 0.1) is 0 Å². The standard InChI is InChI=1S/C25H26ClNO2/c1-2-6-22(20-7-4-3-5-8-20)17-27-25(28)21-11-15-24(16-12-21)29-18-19-9-13-23(26)14-10-19/h3-5,7-16,22H,2,6,17-18H2,1H3,(H,27,28)/t22-/m1/s1. The van der Waals surface area contributed by atoms with Crippen molar-refractivity contribution in [2.75, 3.05) is 6.54 Å². The first-order chi connectivity index (χ1) is 14.2. The SMILES string of the molecule is CCC[C@H](CNC(=O)c1ccc(OCc2ccc(Cl)cc2)cc1)c1ccccc1. The molecule has 3 aromatic rings. The zero-order valence-corrected chi connectivity index (χ0v) is 17.4. The highest BCUT2D eigenvalue weighted by Crippen LogP contribution is 2.21. The van der Waals surface area contributed by atoms with Gasteiger partial charge in [-0.2, -0.15) is 0 Å². The Bertz CT molecular complexity index is 892. The number of nitrogens with one attached hydrogen (secondary N) is 1. The van der Waals surface area contributed by atoms with Crippen LogP contribution in [0.25, 0.3) is 0 Å². The second-order valence-corrected chi connectivity index (χ2v) is 7.48. The average molecular weight is 408 g/mol. The van der Waals surface area contributed by atoms with Crippen molar-refractivity contribution in [3.05, 3.63) is 101 Å². The van der Waals surface area contributed by atoms with Crippen molar-refractivity contribution in [1.82, 2.24) is 5.32 Å². The van der Waals surface area contributed by atoms with Gasteiger partial charge in [-0.05, 0) is 53.9 Å². The van der Waals surface area contributed by atoms with Crippen LogP contribution < -0.4 is 10.1 Å². The molecular formula is C25H26ClNO2. The fourth-order valence-electron chi connectivity index (χ4n) is 3.23. The third-order valence-electron chi connectivity index (χ3n) is 4.85. The van der Waals surface area contributed by atoms with Crippen molar-refractivity contribution in [2.24, 2.45) is 0 Å². The maximum Gasteiger partial charge on any atom is 0.251 e. The highest BCUT2D eigenvalue weighted by Gasteiger charge is 2.13. The van der Waals surface area contributed by atoms with Gasteiger partial charge >= 0.3 is 0 Å². The Morgan fingerprint density at radius 2 is 1.66 bits per heavy atom. The van der Waals surface area contributed by atoms with E-state index in [9.17, 15) is 4.79 Å². The summed E-state index contributed by atoms with van der Waals surface area (Å²) in [4.78, 5) is 12.5. The van der Waals surface area contributed by atoms with Crippen molar-refractivity contribution in [2.45, 2.75) is 32.3 Å². The number of benzene rings is 3. The van der Waals surface area contributed by atoms with Crippen LogP contribution in [-0.2, 0) is 6.61 Å². The molecule has 0 aliphatic rings. The molecule has 1 amide bonds. The van der Waals surface area contributed by atoms with E-state index in [0.29, 0.717) is 29.7 Å². The summed E-state index contributed by atoms with van der Waals surface area (Å²) in [5, 5.41) is 3.78. The second kappa shape index (κ2) is 10.7. The minimum Gasteiger partial charge on any atom is -0.489 e. The second-order valence-electron chi connectivity index (χ2n) is 7.05. The molecule has 0 aliphatic heterocycles. The van der Waals surface area contributed by atoms with Crippen molar-refractivity contribution >= 4 is 17.5 Å². The third kappa shape index (κ3) is 6.37. The van der Waals surface area contributed by atoms with E-state index in [2.05, 4.69) is 24.4 Å². The topological polar surface area (TPSA) is 38.3 Å². The number of halogens is 1. The van der Waals surface area contributed by atoms with E-state index in [0.717, 1.165) is 24.2 Å². The minimum absolute atomic E-state index is 0.0636. The Labute approximate surface area is 177 Å². The Morgan fingerprint density at radius 3 is 2.31 bits per heavy atom. The van der Waals surface area contributed by atoms with Crippen LogP contribution in [0.3, 0.4) is 0 Å². The molecule has 0 radical (unpaired) electrons. The van der Waals surface area contributed by atoms with Crippen LogP contribution in [0.15, 0.2) is 78.9 Å². The van der Waals surface area contributed by atoms with Gasteiger partial charge in [0.2, 0.25) is 0 Å². The normalized spacial score (nSPS) is 11.7. The molecule has 0 saturated carbocycles. The van der Waals surface area contributed by atoms with Gasteiger partial charge in [-0.25, -0.2) is 0 Å². The summed E-state index contributed by atoms with van der Waals surface area (Å²) in [6, 6.07) is 25.1. The van der Waals surface area contributed by atoms with Gasteiger partial charge < -0.3 is 10.1 Å². The van der Waals surface area contributed by atoms with Crippen molar-refractivity contribution in [3.63, 3.8) is 0 Å². The van der Waals surface area contributed by atoms with Crippen LogP contribution in [-0.4, -0.2) is 12.5 Å². The Morgan fingerprint density at radius 1 is 0.966 bits per heavy atom. The monoisotopic (exact) mass is 407 g/mol. The summed E-state index contributed by atoms with van der Waals surface area (Å²) >= 11 is 5.89. The highest BCUT2D eigenvalue weighted by atomic mass is 35.5. The zero-order valence-electron chi connectivity index (χ0n) is 16.6. The summed E-state index contributed by atoms with van der Waals surface area (Å²) in [5.74, 6) is 0.989. The van der Waals surface area contributed by atoms with Gasteiger partial charge in [0.25, 0.3) is 5.91 Å². The van der Waals surface area contributed by atoms with E-state index in [1.54, 1.807) is 12.1 Å². The molecule has 150 valence electrons. The molecule has 0 saturated heterocycles. The fraction of sp³-hybridized carbons (Fsp3) is 0.240. The van der Waals surface area contributed by atoms with Crippen LogP contribution in [0.2, 0.25) is 5.02 Å². The molecular weight excluding hydrogens is 382 g/mol. The number of amides is 1. The first-order valence-electron chi connectivity index (χ1n) is 9.96. The summed E-state index contributed by atoms with van der Waals surface area (Å²) < 4.78 is 5.78. The van der Waals surface area contributed by atoms with Gasteiger partial charge in [-0.15, -0.1) is 0 Å². The predicted molar refractivity (Wildman–Crippen MR) is 119 cm³/mol. The van der Waals surface area contributed by atoms with Crippen molar-refractivity contribution in [3.8, 4) is 5.75 Å². The molecule has 0 fully saturated rings. The molecule has 29 heavy (non-hydrogen) atoms. The smallest absolute Gasteiger partial charge is 0.251 e. The lowest BCUT2D eigenvalue weighted by Gasteiger charge is -2.17. The lowest BCUT2D eigenvalue weighted by Crippen LogP contribution is -2.28. The molecule has 4 heteroatoms. The highest BCUT2D eigenvalue weighted by molar-refractivity contribution is 6.30. The fourth-order valence-corrected chi connectivity index (χ4v) is 3.35. The molecule has 3 rings (SSSR count). The van der Waals surface area contributed by atoms with Crippen LogP contribution in [0.1, 0.15) is 47.2 Å². The molecule has 0 aliphatic carbocycles. The van der Waals surface area contributed by atoms with Crippen LogP contribution in [0.4, 0.5) is 0 Å². The van der Waals surface area contributed by atoms with Crippen molar-refractivity contribution in [1.29, 1.82) is 0 Å². The van der Waals surface area contributed by atoms with Gasteiger partial charge in [0.05, 0.1) is 0 Å². The lowest BCUT2D eigenvalue weighted by atomic mass is 9.94. The van der Waals surface area contributed by atoms with Gasteiger partial charge in [-0.3, -0.25) is 4.79 Å². The predicted octanol–water partition coefficient (Wildman–Crippen LogP) is 6.23. The summed E-state index contributed by atoms with van der Waals surface area (Å²) in [6.45, 7) is 3.25. The minimum atomic E-state index is -0.0636. The maximum atomic E-state index is 12.5. The van der Waals surface area contributed by atoms with Gasteiger partial charge in [0.1, 0.15) is 12.4 Å². The molecule has 1 atom stereocenters. The van der Waals surface area contributed by atoms with E-state index < -0.39 is 0 Å². The quantitative estimate of drug-likeness (QED) is 0.456. The summed E-state index contributed by atoms with van der Waals surface area (Å²) in [6.07, 6.45) is 2.12. The molecule has 0 heterocycles. The maximum absolute atomic E-state index is 12.5. The van der Waals surface area contributed by atoms with E-state index in [1.165, 1.54) is 5.56 Å². The molecule has 3 nitrogen and oxygen atoms in total. The first kappa shape index (κ1) is 20.9. The summed E-state index contributed by atoms with van der Waals surface area (Å²) in [5.41, 5.74) is 2.94. The van der Waals surface area contributed by atoms with Gasteiger partial charge in [-0.1, -0.05) is 67.4 Å². The first-order valence-corrected chi connectivity index (χ1v) is 10.3. The number of ether oxygens (including phenoxy) is 1. The molecule has 0 spiro atoms. The zero-order chi connectivity index (χ0) is 20.5. The molecule has 1 N–H and O–H groups in total. The molecule has 0 unspecified atom stereocenters. The number of hydrogen-bond acceptors (Lipinski definition) is 2. The number of carbonyl (C=O) groups is 1. The Kier molecular flexibility index (Phi) is 7.71. The van der Waals surface area contributed by atoms with Gasteiger partial charge in [0, 0.05) is 23.0 Å².